The summed E-state index contributed by atoms with van der Waals surface area (Å²) in [6.45, 7) is 2.40. The fraction of sp³-hybridized carbons (Fsp3) is 0.357. The molecular formula is C14H18N4O2S. The molecule has 0 aliphatic carbocycles. The average molecular weight is 306 g/mol. The number of methoxy groups -OCH3 is 1. The van der Waals surface area contributed by atoms with Gasteiger partial charge in [-0.2, -0.15) is 5.10 Å². The number of ether oxygens (including phenoxy) is 1. The SMILES string of the molecule is COCC(C)NC(=O)c1ccc(CSc2ncn[nH]2)cc1. The summed E-state index contributed by atoms with van der Waals surface area (Å²) >= 11 is 1.57. The van der Waals surface area contributed by atoms with Gasteiger partial charge in [0, 0.05) is 24.5 Å². The lowest BCUT2D eigenvalue weighted by Gasteiger charge is -2.12. The molecular weight excluding hydrogens is 288 g/mol. The van der Waals surface area contributed by atoms with Crippen molar-refractivity contribution >= 4 is 17.7 Å². The minimum Gasteiger partial charge on any atom is -0.383 e. The predicted octanol–water partition coefficient (Wildman–Crippen LogP) is 1.86. The van der Waals surface area contributed by atoms with Crippen molar-refractivity contribution < 1.29 is 9.53 Å². The summed E-state index contributed by atoms with van der Waals surface area (Å²) in [4.78, 5) is 16.0. The van der Waals surface area contributed by atoms with Crippen molar-refractivity contribution in [1.29, 1.82) is 0 Å². The molecule has 2 rings (SSSR count). The number of benzene rings is 1. The van der Waals surface area contributed by atoms with Crippen LogP contribution in [0.3, 0.4) is 0 Å². The number of hydrogen-bond acceptors (Lipinski definition) is 5. The molecule has 0 aliphatic heterocycles. The van der Waals surface area contributed by atoms with Crippen LogP contribution in [0.2, 0.25) is 0 Å². The third-order valence-electron chi connectivity index (χ3n) is 2.78. The first kappa shape index (κ1) is 15.5. The smallest absolute Gasteiger partial charge is 0.251 e. The molecule has 6 nitrogen and oxygen atoms in total. The van der Waals surface area contributed by atoms with Crippen LogP contribution < -0.4 is 5.32 Å². The van der Waals surface area contributed by atoms with Crippen molar-refractivity contribution in [2.75, 3.05) is 13.7 Å². The predicted molar refractivity (Wildman–Crippen MR) is 81.2 cm³/mol. The van der Waals surface area contributed by atoms with E-state index in [2.05, 4.69) is 20.5 Å². The number of carbonyl (C=O) groups excluding carboxylic acids is 1. The fourth-order valence-corrected chi connectivity index (χ4v) is 2.50. The van der Waals surface area contributed by atoms with Gasteiger partial charge in [-0.1, -0.05) is 23.9 Å². The molecule has 0 spiro atoms. The van der Waals surface area contributed by atoms with Crippen LogP contribution in [0.1, 0.15) is 22.8 Å². The highest BCUT2D eigenvalue weighted by Gasteiger charge is 2.09. The molecule has 1 amide bonds. The summed E-state index contributed by atoms with van der Waals surface area (Å²) in [6.07, 6.45) is 1.48. The number of aromatic amines is 1. The first-order valence-electron chi connectivity index (χ1n) is 6.56. The Morgan fingerprint density at radius 2 is 2.19 bits per heavy atom. The van der Waals surface area contributed by atoms with Crippen LogP contribution in [0.15, 0.2) is 35.7 Å². The first-order chi connectivity index (χ1) is 10.2. The number of nitrogens with zero attached hydrogens (tertiary/aromatic N) is 2. The lowest BCUT2D eigenvalue weighted by Crippen LogP contribution is -2.35. The number of aromatic nitrogens is 3. The maximum absolute atomic E-state index is 12.0. The summed E-state index contributed by atoms with van der Waals surface area (Å²) in [6, 6.07) is 7.53. The van der Waals surface area contributed by atoms with E-state index >= 15 is 0 Å². The Labute approximate surface area is 127 Å². The Kier molecular flexibility index (Phi) is 5.77. The standard InChI is InChI=1S/C14H18N4O2S/c1-10(7-20-2)17-13(19)12-5-3-11(4-6-12)8-21-14-15-9-16-18-14/h3-6,9-10H,7-8H2,1-2H3,(H,17,19)(H,15,16,18). The van der Waals surface area contributed by atoms with Crippen LogP contribution in [0.4, 0.5) is 0 Å². The second-order valence-corrected chi connectivity index (χ2v) is 5.57. The zero-order chi connectivity index (χ0) is 15.1. The number of nitrogens with one attached hydrogen (secondary N) is 2. The first-order valence-corrected chi connectivity index (χ1v) is 7.54. The van der Waals surface area contributed by atoms with E-state index in [9.17, 15) is 4.79 Å². The Hall–Kier alpha value is -1.86. The number of H-pyrrole nitrogens is 1. The average Bonchev–Trinajstić information content (AvgIpc) is 2.99. The van der Waals surface area contributed by atoms with Crippen LogP contribution in [-0.4, -0.2) is 40.8 Å². The Balaban J connectivity index is 1.87. The largest absolute Gasteiger partial charge is 0.383 e. The molecule has 1 aromatic heterocycles. The summed E-state index contributed by atoms with van der Waals surface area (Å²) in [7, 11) is 1.61. The fourth-order valence-electron chi connectivity index (χ4n) is 1.77. The van der Waals surface area contributed by atoms with Crippen LogP contribution in [0.5, 0.6) is 0 Å². The molecule has 0 saturated heterocycles. The van der Waals surface area contributed by atoms with E-state index in [0.29, 0.717) is 12.2 Å². The van der Waals surface area contributed by atoms with Gasteiger partial charge in [0.1, 0.15) is 6.33 Å². The number of carbonyl (C=O) groups is 1. The molecule has 21 heavy (non-hydrogen) atoms. The van der Waals surface area contributed by atoms with E-state index < -0.39 is 0 Å². The molecule has 7 heteroatoms. The van der Waals surface area contributed by atoms with Crippen LogP contribution in [0, 0.1) is 0 Å². The van der Waals surface area contributed by atoms with Crippen LogP contribution in [0.25, 0.3) is 0 Å². The highest BCUT2D eigenvalue weighted by Crippen LogP contribution is 2.18. The van der Waals surface area contributed by atoms with Crippen molar-refractivity contribution in [2.45, 2.75) is 23.9 Å². The minimum atomic E-state index is -0.0889. The van der Waals surface area contributed by atoms with Gasteiger partial charge in [0.2, 0.25) is 0 Å². The zero-order valence-corrected chi connectivity index (χ0v) is 12.8. The van der Waals surface area contributed by atoms with E-state index in [1.165, 1.54) is 6.33 Å². The second kappa shape index (κ2) is 7.80. The Bertz CT molecular complexity index is 557. The molecule has 112 valence electrons. The van der Waals surface area contributed by atoms with E-state index in [1.807, 2.05) is 31.2 Å². The van der Waals surface area contributed by atoms with Crippen molar-refractivity contribution in [1.82, 2.24) is 20.5 Å². The maximum Gasteiger partial charge on any atom is 0.251 e. The van der Waals surface area contributed by atoms with E-state index in [0.717, 1.165) is 16.5 Å². The molecule has 1 unspecified atom stereocenters. The number of amides is 1. The molecule has 0 bridgehead atoms. The third kappa shape index (κ3) is 4.87. The molecule has 0 saturated carbocycles. The number of hydrogen-bond donors (Lipinski definition) is 2. The number of rotatable bonds is 7. The van der Waals surface area contributed by atoms with E-state index in [-0.39, 0.29) is 11.9 Å². The van der Waals surface area contributed by atoms with Crippen LogP contribution in [-0.2, 0) is 10.5 Å². The Morgan fingerprint density at radius 1 is 1.43 bits per heavy atom. The van der Waals surface area contributed by atoms with Crippen molar-refractivity contribution in [3.05, 3.63) is 41.7 Å². The van der Waals surface area contributed by atoms with Gasteiger partial charge in [-0.15, -0.1) is 0 Å². The van der Waals surface area contributed by atoms with E-state index in [4.69, 9.17) is 4.74 Å². The van der Waals surface area contributed by atoms with Gasteiger partial charge in [0.15, 0.2) is 5.16 Å². The Morgan fingerprint density at radius 3 is 2.81 bits per heavy atom. The van der Waals surface area contributed by atoms with Gasteiger partial charge in [0.05, 0.1) is 6.61 Å². The molecule has 2 aromatic rings. The topological polar surface area (TPSA) is 79.9 Å². The molecule has 1 atom stereocenters. The van der Waals surface area contributed by atoms with Gasteiger partial charge in [-0.3, -0.25) is 9.89 Å². The van der Waals surface area contributed by atoms with E-state index in [1.54, 1.807) is 18.9 Å². The van der Waals surface area contributed by atoms with Gasteiger partial charge in [-0.25, -0.2) is 4.98 Å². The summed E-state index contributed by atoms with van der Waals surface area (Å²) < 4.78 is 5.00. The van der Waals surface area contributed by atoms with Gasteiger partial charge < -0.3 is 10.1 Å². The normalized spacial score (nSPS) is 12.1. The van der Waals surface area contributed by atoms with Gasteiger partial charge in [0.25, 0.3) is 5.91 Å². The van der Waals surface area contributed by atoms with Crippen molar-refractivity contribution in [3.63, 3.8) is 0 Å². The molecule has 0 aliphatic rings. The lowest BCUT2D eigenvalue weighted by atomic mass is 10.1. The quantitative estimate of drug-likeness (QED) is 0.763. The molecule has 0 fully saturated rings. The minimum absolute atomic E-state index is 0.0100. The highest BCUT2D eigenvalue weighted by molar-refractivity contribution is 7.98. The number of thioether (sulfide) groups is 1. The summed E-state index contributed by atoms with van der Waals surface area (Å²) in [5.74, 6) is 0.686. The zero-order valence-electron chi connectivity index (χ0n) is 12.0. The molecule has 1 heterocycles. The van der Waals surface area contributed by atoms with Crippen molar-refractivity contribution in [2.24, 2.45) is 0 Å². The summed E-state index contributed by atoms with van der Waals surface area (Å²) in [5.41, 5.74) is 1.77. The van der Waals surface area contributed by atoms with Gasteiger partial charge >= 0.3 is 0 Å². The third-order valence-corrected chi connectivity index (χ3v) is 3.73. The highest BCUT2D eigenvalue weighted by atomic mass is 32.2. The second-order valence-electron chi connectivity index (χ2n) is 4.61. The lowest BCUT2D eigenvalue weighted by molar-refractivity contribution is 0.0905. The molecule has 2 N–H and O–H groups in total. The van der Waals surface area contributed by atoms with Crippen LogP contribution >= 0.6 is 11.8 Å². The van der Waals surface area contributed by atoms with Crippen molar-refractivity contribution in [3.8, 4) is 0 Å². The molecule has 0 radical (unpaired) electrons. The van der Waals surface area contributed by atoms with Gasteiger partial charge in [-0.05, 0) is 24.6 Å². The molecule has 1 aromatic carbocycles. The maximum atomic E-state index is 12.0. The monoisotopic (exact) mass is 306 g/mol. The summed E-state index contributed by atoms with van der Waals surface area (Å²) in [5, 5.41) is 10.3.